The minimum Gasteiger partial charge on any atom is -0.444 e. The summed E-state index contributed by atoms with van der Waals surface area (Å²) in [6.45, 7) is 9.55. The van der Waals surface area contributed by atoms with Gasteiger partial charge in [-0.3, -0.25) is 4.99 Å². The van der Waals surface area contributed by atoms with Gasteiger partial charge < -0.3 is 20.7 Å². The molecular weight excluding hydrogens is 359 g/mol. The molecule has 0 saturated heterocycles. The van der Waals surface area contributed by atoms with E-state index in [9.17, 15) is 4.79 Å². The van der Waals surface area contributed by atoms with Gasteiger partial charge in [0.2, 0.25) is 0 Å². The highest BCUT2D eigenvalue weighted by atomic mass is 127. The zero-order valence-corrected chi connectivity index (χ0v) is 14.8. The molecule has 0 fully saturated rings. The molecule has 0 aliphatic rings. The lowest BCUT2D eigenvalue weighted by atomic mass is 10.2. The average Bonchev–Trinajstić information content (AvgIpc) is 2.26. The molecule has 0 aromatic rings. The molecule has 114 valence electrons. The SMILES string of the molecule is CCCNC(=NC)NCCNC(=O)OC(C)(C)C.I. The van der Waals surface area contributed by atoms with Gasteiger partial charge in [-0.25, -0.2) is 4.79 Å². The quantitative estimate of drug-likeness (QED) is 0.291. The summed E-state index contributed by atoms with van der Waals surface area (Å²) in [5.74, 6) is 0.739. The van der Waals surface area contributed by atoms with Crippen molar-refractivity contribution in [2.75, 3.05) is 26.7 Å². The number of amides is 1. The van der Waals surface area contributed by atoms with Crippen molar-refractivity contribution in [1.29, 1.82) is 0 Å². The monoisotopic (exact) mass is 386 g/mol. The van der Waals surface area contributed by atoms with Gasteiger partial charge in [0, 0.05) is 26.7 Å². The highest BCUT2D eigenvalue weighted by Crippen LogP contribution is 2.05. The Morgan fingerprint density at radius 2 is 1.63 bits per heavy atom. The molecule has 0 heterocycles. The summed E-state index contributed by atoms with van der Waals surface area (Å²) in [6.07, 6.45) is 0.637. The second-order valence-corrected chi connectivity index (χ2v) is 4.85. The summed E-state index contributed by atoms with van der Waals surface area (Å²) >= 11 is 0. The van der Waals surface area contributed by atoms with Crippen LogP contribution in [0.1, 0.15) is 34.1 Å². The minimum atomic E-state index is -0.462. The van der Waals surface area contributed by atoms with Crippen molar-refractivity contribution < 1.29 is 9.53 Å². The third-order valence-electron chi connectivity index (χ3n) is 1.85. The maximum atomic E-state index is 11.3. The van der Waals surface area contributed by atoms with Gasteiger partial charge in [0.15, 0.2) is 5.96 Å². The van der Waals surface area contributed by atoms with Crippen LogP contribution in [0.3, 0.4) is 0 Å². The molecule has 0 aliphatic carbocycles. The summed E-state index contributed by atoms with van der Waals surface area (Å²) in [4.78, 5) is 15.4. The Morgan fingerprint density at radius 1 is 1.11 bits per heavy atom. The van der Waals surface area contributed by atoms with E-state index in [0.717, 1.165) is 18.9 Å². The molecule has 0 saturated carbocycles. The van der Waals surface area contributed by atoms with Crippen molar-refractivity contribution in [3.8, 4) is 0 Å². The van der Waals surface area contributed by atoms with E-state index in [0.29, 0.717) is 13.1 Å². The molecular formula is C12H27IN4O2. The van der Waals surface area contributed by atoms with Crippen LogP contribution in [0.25, 0.3) is 0 Å². The van der Waals surface area contributed by atoms with Crippen LogP contribution in [0.15, 0.2) is 4.99 Å². The van der Waals surface area contributed by atoms with Gasteiger partial charge in [-0.1, -0.05) is 6.92 Å². The largest absolute Gasteiger partial charge is 0.444 e. The van der Waals surface area contributed by atoms with Gasteiger partial charge in [0.1, 0.15) is 5.60 Å². The zero-order valence-electron chi connectivity index (χ0n) is 12.5. The predicted molar refractivity (Wildman–Crippen MR) is 89.3 cm³/mol. The summed E-state index contributed by atoms with van der Waals surface area (Å²) in [6, 6.07) is 0. The Kier molecular flexibility index (Phi) is 12.1. The molecule has 0 atom stereocenters. The fraction of sp³-hybridized carbons (Fsp3) is 0.833. The Labute approximate surface area is 133 Å². The number of aliphatic imine (C=N–C) groups is 1. The minimum absolute atomic E-state index is 0. The molecule has 0 aliphatic heterocycles. The first-order chi connectivity index (χ1) is 8.39. The molecule has 1 amide bonds. The molecule has 0 rings (SSSR count). The first-order valence-electron chi connectivity index (χ1n) is 6.30. The van der Waals surface area contributed by atoms with Crippen molar-refractivity contribution >= 4 is 36.0 Å². The van der Waals surface area contributed by atoms with Crippen LogP contribution in [-0.4, -0.2) is 44.3 Å². The molecule has 0 radical (unpaired) electrons. The number of nitrogens with one attached hydrogen (secondary N) is 3. The fourth-order valence-electron chi connectivity index (χ4n) is 1.12. The molecule has 3 N–H and O–H groups in total. The number of carbonyl (C=O) groups is 1. The van der Waals surface area contributed by atoms with E-state index in [1.54, 1.807) is 7.05 Å². The lowest BCUT2D eigenvalue weighted by Gasteiger charge is -2.19. The highest BCUT2D eigenvalue weighted by Gasteiger charge is 2.15. The van der Waals surface area contributed by atoms with Crippen molar-refractivity contribution in [3.63, 3.8) is 0 Å². The molecule has 6 nitrogen and oxygen atoms in total. The van der Waals surface area contributed by atoms with Crippen LogP contribution in [0.5, 0.6) is 0 Å². The number of guanidine groups is 1. The van der Waals surface area contributed by atoms with E-state index in [-0.39, 0.29) is 24.0 Å². The topological polar surface area (TPSA) is 74.8 Å². The lowest BCUT2D eigenvalue weighted by molar-refractivity contribution is 0.0529. The third-order valence-corrected chi connectivity index (χ3v) is 1.85. The second-order valence-electron chi connectivity index (χ2n) is 4.85. The molecule has 0 aromatic heterocycles. The number of rotatable bonds is 5. The van der Waals surface area contributed by atoms with E-state index in [4.69, 9.17) is 4.74 Å². The van der Waals surface area contributed by atoms with E-state index in [2.05, 4.69) is 27.9 Å². The van der Waals surface area contributed by atoms with Crippen molar-refractivity contribution in [2.24, 2.45) is 4.99 Å². The number of alkyl carbamates (subject to hydrolysis) is 1. The van der Waals surface area contributed by atoms with Gasteiger partial charge in [-0.2, -0.15) is 0 Å². The maximum absolute atomic E-state index is 11.3. The molecule has 0 aromatic carbocycles. The van der Waals surface area contributed by atoms with E-state index >= 15 is 0 Å². The van der Waals surface area contributed by atoms with Crippen molar-refractivity contribution in [1.82, 2.24) is 16.0 Å². The number of carbonyl (C=O) groups excluding carboxylic acids is 1. The number of hydrogen-bond acceptors (Lipinski definition) is 3. The normalized spacial score (nSPS) is 11.3. The summed E-state index contributed by atoms with van der Waals surface area (Å²) in [7, 11) is 1.71. The Morgan fingerprint density at radius 3 is 2.11 bits per heavy atom. The Balaban J connectivity index is 0. The van der Waals surface area contributed by atoms with Crippen molar-refractivity contribution in [2.45, 2.75) is 39.7 Å². The van der Waals surface area contributed by atoms with Crippen LogP contribution in [-0.2, 0) is 4.74 Å². The summed E-state index contributed by atoms with van der Waals surface area (Å²) in [5, 5.41) is 8.90. The molecule has 0 spiro atoms. The standard InChI is InChI=1S/C12H26N4O2.HI/c1-6-7-14-10(13-5)15-8-9-16-11(17)18-12(2,3)4;/h6-9H2,1-5H3,(H,16,17)(H2,13,14,15);1H. The number of ether oxygens (including phenoxy) is 1. The predicted octanol–water partition coefficient (Wildman–Crippen LogP) is 1.70. The Bertz CT molecular complexity index is 277. The fourth-order valence-corrected chi connectivity index (χ4v) is 1.12. The van der Waals surface area contributed by atoms with Gasteiger partial charge in [-0.15, -0.1) is 24.0 Å². The Hall–Kier alpha value is -0.730. The van der Waals surface area contributed by atoms with Gasteiger partial charge >= 0.3 is 6.09 Å². The van der Waals surface area contributed by atoms with Crippen LogP contribution in [0.2, 0.25) is 0 Å². The van der Waals surface area contributed by atoms with Gasteiger partial charge in [0.05, 0.1) is 0 Å². The maximum Gasteiger partial charge on any atom is 0.407 e. The van der Waals surface area contributed by atoms with Crippen molar-refractivity contribution in [3.05, 3.63) is 0 Å². The van der Waals surface area contributed by atoms with Crippen LogP contribution >= 0.6 is 24.0 Å². The van der Waals surface area contributed by atoms with Crippen LogP contribution in [0.4, 0.5) is 4.79 Å². The molecule has 19 heavy (non-hydrogen) atoms. The number of hydrogen-bond donors (Lipinski definition) is 3. The first kappa shape index (κ1) is 20.6. The smallest absolute Gasteiger partial charge is 0.407 e. The van der Waals surface area contributed by atoms with Crippen LogP contribution in [0, 0.1) is 0 Å². The summed E-state index contributed by atoms with van der Waals surface area (Å²) < 4.78 is 5.11. The lowest BCUT2D eigenvalue weighted by Crippen LogP contribution is -2.42. The van der Waals surface area contributed by atoms with Crippen LogP contribution < -0.4 is 16.0 Å². The second kappa shape index (κ2) is 11.1. The van der Waals surface area contributed by atoms with Gasteiger partial charge in [0.25, 0.3) is 0 Å². The van der Waals surface area contributed by atoms with Gasteiger partial charge in [-0.05, 0) is 27.2 Å². The number of halogens is 1. The first-order valence-corrected chi connectivity index (χ1v) is 6.30. The number of nitrogens with zero attached hydrogens (tertiary/aromatic N) is 1. The average molecular weight is 386 g/mol. The van der Waals surface area contributed by atoms with E-state index in [1.165, 1.54) is 0 Å². The molecule has 0 unspecified atom stereocenters. The van der Waals surface area contributed by atoms with E-state index < -0.39 is 11.7 Å². The third kappa shape index (κ3) is 13.5. The molecule has 7 heteroatoms. The zero-order chi connectivity index (χ0) is 14.0. The molecule has 0 bridgehead atoms. The van der Waals surface area contributed by atoms with E-state index in [1.807, 2.05) is 20.8 Å². The highest BCUT2D eigenvalue weighted by molar-refractivity contribution is 14.0. The summed E-state index contributed by atoms with van der Waals surface area (Å²) in [5.41, 5.74) is -0.462.